The summed E-state index contributed by atoms with van der Waals surface area (Å²) in [5.74, 6) is -0.232. The van der Waals surface area contributed by atoms with Gasteiger partial charge in [-0.25, -0.2) is 0 Å². The molecule has 0 radical (unpaired) electrons. The predicted octanol–water partition coefficient (Wildman–Crippen LogP) is 4.52. The van der Waals surface area contributed by atoms with Gasteiger partial charge in [0.15, 0.2) is 0 Å². The lowest BCUT2D eigenvalue weighted by Gasteiger charge is -2.12. The van der Waals surface area contributed by atoms with Crippen LogP contribution in [0.15, 0.2) is 57.9 Å². The van der Waals surface area contributed by atoms with Gasteiger partial charge < -0.3 is 10.1 Å². The summed E-state index contributed by atoms with van der Waals surface area (Å²) in [6.45, 7) is 2.10. The van der Waals surface area contributed by atoms with Gasteiger partial charge in [0, 0.05) is 10.2 Å². The maximum Gasteiger partial charge on any atom is 0.294 e. The fraction of sp³-hybridized carbons (Fsp3) is 0.150. The molecule has 1 heterocycles. The van der Waals surface area contributed by atoms with Gasteiger partial charge in [-0.15, -0.1) is 0 Å². The Morgan fingerprint density at radius 2 is 1.89 bits per heavy atom. The number of ether oxygens (including phenoxy) is 1. The fourth-order valence-corrected chi connectivity index (χ4v) is 3.74. The van der Waals surface area contributed by atoms with Crippen molar-refractivity contribution in [2.45, 2.75) is 6.92 Å². The minimum absolute atomic E-state index is 0.283. The lowest BCUT2D eigenvalue weighted by molar-refractivity contribution is -0.127. The zero-order valence-electron chi connectivity index (χ0n) is 15.0. The molecular formula is C20H17BrN2O4S. The van der Waals surface area contributed by atoms with E-state index >= 15 is 0 Å². The molecule has 6 nitrogen and oxygen atoms in total. The second-order valence-corrected chi connectivity index (χ2v) is 7.64. The van der Waals surface area contributed by atoms with Gasteiger partial charge in [-0.1, -0.05) is 34.1 Å². The molecule has 2 aromatic rings. The Hall–Kier alpha value is -2.58. The summed E-state index contributed by atoms with van der Waals surface area (Å²) in [4.78, 5) is 38.2. The maximum absolute atomic E-state index is 12.5. The molecular weight excluding hydrogens is 444 g/mol. The van der Waals surface area contributed by atoms with E-state index in [2.05, 4.69) is 21.2 Å². The molecule has 0 bridgehead atoms. The lowest BCUT2D eigenvalue weighted by atomic mass is 10.2. The van der Waals surface area contributed by atoms with Crippen LogP contribution in [0.2, 0.25) is 0 Å². The normalized spacial score (nSPS) is 15.2. The quantitative estimate of drug-likeness (QED) is 0.641. The summed E-state index contributed by atoms with van der Waals surface area (Å²) in [7, 11) is 0. The van der Waals surface area contributed by atoms with E-state index in [0.29, 0.717) is 18.0 Å². The van der Waals surface area contributed by atoms with Crippen molar-refractivity contribution in [3.05, 3.63) is 63.5 Å². The zero-order chi connectivity index (χ0) is 20.1. The smallest absolute Gasteiger partial charge is 0.294 e. The maximum atomic E-state index is 12.5. The molecule has 28 heavy (non-hydrogen) atoms. The molecule has 8 heteroatoms. The molecule has 1 aliphatic rings. The Kier molecular flexibility index (Phi) is 6.53. The van der Waals surface area contributed by atoms with Crippen molar-refractivity contribution in [1.29, 1.82) is 0 Å². The van der Waals surface area contributed by atoms with Crippen LogP contribution in [-0.4, -0.2) is 35.1 Å². The van der Waals surface area contributed by atoms with Gasteiger partial charge >= 0.3 is 0 Å². The van der Waals surface area contributed by atoms with Crippen LogP contribution in [0.4, 0.5) is 10.5 Å². The van der Waals surface area contributed by atoms with Crippen LogP contribution >= 0.6 is 27.7 Å². The summed E-state index contributed by atoms with van der Waals surface area (Å²) in [6, 6.07) is 14.2. The first-order valence-electron chi connectivity index (χ1n) is 8.50. The number of anilines is 1. The number of nitrogens with one attached hydrogen (secondary N) is 1. The average Bonchev–Trinajstić information content (AvgIpc) is 2.93. The highest BCUT2D eigenvalue weighted by Gasteiger charge is 2.36. The minimum Gasteiger partial charge on any atom is -0.494 e. The third-order valence-electron chi connectivity index (χ3n) is 3.82. The molecule has 144 valence electrons. The van der Waals surface area contributed by atoms with Crippen LogP contribution in [0.25, 0.3) is 6.08 Å². The van der Waals surface area contributed by atoms with E-state index in [0.717, 1.165) is 26.7 Å². The Morgan fingerprint density at radius 3 is 2.57 bits per heavy atom. The number of hydrogen-bond acceptors (Lipinski definition) is 5. The Morgan fingerprint density at radius 1 is 1.18 bits per heavy atom. The van der Waals surface area contributed by atoms with Gasteiger partial charge in [-0.3, -0.25) is 19.3 Å². The van der Waals surface area contributed by atoms with Crippen LogP contribution in [0.3, 0.4) is 0 Å². The Labute approximate surface area is 175 Å². The van der Waals surface area contributed by atoms with Gasteiger partial charge in [-0.2, -0.15) is 0 Å². The molecule has 3 amide bonds. The number of carbonyl (C=O) groups excluding carboxylic acids is 3. The van der Waals surface area contributed by atoms with Crippen molar-refractivity contribution < 1.29 is 19.1 Å². The molecule has 1 N–H and O–H groups in total. The molecule has 0 spiro atoms. The molecule has 0 saturated carbocycles. The molecule has 1 aliphatic heterocycles. The minimum atomic E-state index is -0.479. The van der Waals surface area contributed by atoms with Crippen LogP contribution in [0.5, 0.6) is 5.75 Å². The van der Waals surface area contributed by atoms with E-state index < -0.39 is 17.1 Å². The monoisotopic (exact) mass is 460 g/mol. The van der Waals surface area contributed by atoms with Crippen molar-refractivity contribution in [2.24, 2.45) is 0 Å². The molecule has 2 aromatic carbocycles. The molecule has 3 rings (SSSR count). The van der Waals surface area contributed by atoms with E-state index in [1.54, 1.807) is 30.3 Å². The molecule has 0 aromatic heterocycles. The van der Waals surface area contributed by atoms with Crippen LogP contribution in [0.1, 0.15) is 12.5 Å². The average molecular weight is 461 g/mol. The summed E-state index contributed by atoms with van der Waals surface area (Å²) >= 11 is 4.23. The number of hydrogen-bond donors (Lipinski definition) is 1. The molecule has 0 aliphatic carbocycles. The summed E-state index contributed by atoms with van der Waals surface area (Å²) in [6.07, 6.45) is 1.64. The summed E-state index contributed by atoms with van der Waals surface area (Å²) in [5, 5.41) is 2.21. The number of benzene rings is 2. The Balaban J connectivity index is 1.65. The van der Waals surface area contributed by atoms with Crippen LogP contribution in [0, 0.1) is 0 Å². The molecule has 0 unspecified atom stereocenters. The number of thioether (sulfide) groups is 1. The van der Waals surface area contributed by atoms with E-state index in [1.165, 1.54) is 0 Å². The second-order valence-electron chi connectivity index (χ2n) is 5.79. The van der Waals surface area contributed by atoms with Crippen LogP contribution < -0.4 is 10.1 Å². The molecule has 1 fully saturated rings. The standard InChI is InChI=1S/C20H17BrN2O4S/c1-2-27-15-9-7-14(8-10-15)22-18(24)12-23-19(25)17(28-20(23)26)11-13-5-3-4-6-16(13)21/h3-11H,2,12H2,1H3,(H,22,24)/b17-11+. The zero-order valence-corrected chi connectivity index (χ0v) is 17.4. The SMILES string of the molecule is CCOc1ccc(NC(=O)CN2C(=O)S/C(=C/c3ccccc3Br)C2=O)cc1. The third kappa shape index (κ3) is 4.82. The highest BCUT2D eigenvalue weighted by Crippen LogP contribution is 2.33. The second kappa shape index (κ2) is 9.07. The van der Waals surface area contributed by atoms with Gasteiger partial charge in [0.25, 0.3) is 11.1 Å². The number of amides is 3. The number of nitrogens with zero attached hydrogens (tertiary/aromatic N) is 1. The first-order chi connectivity index (χ1) is 13.5. The van der Waals surface area contributed by atoms with Gasteiger partial charge in [0.2, 0.25) is 5.91 Å². The number of imide groups is 1. The van der Waals surface area contributed by atoms with Crippen molar-refractivity contribution >= 4 is 56.5 Å². The van der Waals surface area contributed by atoms with Crippen molar-refractivity contribution in [3.63, 3.8) is 0 Å². The number of halogens is 1. The Bertz CT molecular complexity index is 943. The van der Waals surface area contributed by atoms with E-state index in [4.69, 9.17) is 4.74 Å². The number of carbonyl (C=O) groups is 3. The lowest BCUT2D eigenvalue weighted by Crippen LogP contribution is -2.36. The third-order valence-corrected chi connectivity index (χ3v) is 5.45. The summed E-state index contributed by atoms with van der Waals surface area (Å²) < 4.78 is 6.16. The van der Waals surface area contributed by atoms with Crippen molar-refractivity contribution in [3.8, 4) is 5.75 Å². The van der Waals surface area contributed by atoms with Crippen molar-refractivity contribution in [2.75, 3.05) is 18.5 Å². The summed E-state index contributed by atoms with van der Waals surface area (Å²) in [5.41, 5.74) is 1.34. The first kappa shape index (κ1) is 20.2. The van der Waals surface area contributed by atoms with Gasteiger partial charge in [-0.05, 0) is 60.7 Å². The fourth-order valence-electron chi connectivity index (χ4n) is 2.51. The van der Waals surface area contributed by atoms with Gasteiger partial charge in [0.1, 0.15) is 12.3 Å². The van der Waals surface area contributed by atoms with Gasteiger partial charge in [0.05, 0.1) is 11.5 Å². The molecule has 0 atom stereocenters. The topological polar surface area (TPSA) is 75.7 Å². The van der Waals surface area contributed by atoms with E-state index in [9.17, 15) is 14.4 Å². The van der Waals surface area contributed by atoms with Crippen LogP contribution in [-0.2, 0) is 9.59 Å². The predicted molar refractivity (Wildman–Crippen MR) is 113 cm³/mol. The molecule has 1 saturated heterocycles. The van der Waals surface area contributed by atoms with E-state index in [1.807, 2.05) is 31.2 Å². The largest absolute Gasteiger partial charge is 0.494 e. The number of rotatable bonds is 6. The van der Waals surface area contributed by atoms with Crippen molar-refractivity contribution in [1.82, 2.24) is 4.90 Å². The highest BCUT2D eigenvalue weighted by molar-refractivity contribution is 9.10. The highest BCUT2D eigenvalue weighted by atomic mass is 79.9. The van der Waals surface area contributed by atoms with E-state index in [-0.39, 0.29) is 11.4 Å². The first-order valence-corrected chi connectivity index (χ1v) is 10.1.